The number of nitrogens with zero attached hydrogens (tertiary/aromatic N) is 4. The lowest BCUT2D eigenvalue weighted by Crippen LogP contribution is -2.49. The summed E-state index contributed by atoms with van der Waals surface area (Å²) in [7, 11) is -1.91. The van der Waals surface area contributed by atoms with Crippen molar-refractivity contribution < 1.29 is 13.2 Å². The Bertz CT molecular complexity index is 814. The molecule has 8 nitrogen and oxygen atoms in total. The van der Waals surface area contributed by atoms with E-state index in [-0.39, 0.29) is 29.3 Å². The number of likely N-dealkylation sites (tertiary alicyclic amines) is 1. The summed E-state index contributed by atoms with van der Waals surface area (Å²) in [5, 5.41) is 7.17. The van der Waals surface area contributed by atoms with Crippen LogP contribution in [0.5, 0.6) is 0 Å². The van der Waals surface area contributed by atoms with Crippen molar-refractivity contribution in [2.24, 2.45) is 18.9 Å². The maximum Gasteiger partial charge on any atom is 0.246 e. The molecule has 9 heteroatoms. The predicted molar refractivity (Wildman–Crippen MR) is 112 cm³/mol. The van der Waals surface area contributed by atoms with Gasteiger partial charge in [0.05, 0.1) is 17.8 Å². The van der Waals surface area contributed by atoms with Gasteiger partial charge in [-0.3, -0.25) is 9.48 Å². The van der Waals surface area contributed by atoms with Gasteiger partial charge in [-0.25, -0.2) is 8.42 Å². The highest BCUT2D eigenvalue weighted by atomic mass is 32.2. The topological polar surface area (TPSA) is 87.5 Å². The Morgan fingerprint density at radius 3 is 2.59 bits per heavy atom. The third-order valence-corrected chi connectivity index (χ3v) is 8.33. The average molecular weight is 426 g/mol. The number of piperidine rings is 2. The maximum absolute atomic E-state index is 13.0. The zero-order valence-electron chi connectivity index (χ0n) is 18.1. The first-order valence-corrected chi connectivity index (χ1v) is 12.1. The predicted octanol–water partition coefficient (Wildman–Crippen LogP) is 1.37. The molecule has 2 saturated heterocycles. The van der Waals surface area contributed by atoms with Gasteiger partial charge in [0.2, 0.25) is 15.9 Å². The Morgan fingerprint density at radius 1 is 1.28 bits per heavy atom. The van der Waals surface area contributed by atoms with E-state index in [1.807, 2.05) is 6.92 Å². The maximum atomic E-state index is 13.0. The molecule has 1 N–H and O–H groups in total. The molecule has 0 spiro atoms. The van der Waals surface area contributed by atoms with Crippen LogP contribution in [0.2, 0.25) is 0 Å². The second-order valence-electron chi connectivity index (χ2n) is 8.81. The number of carbonyl (C=O) groups is 1. The molecule has 0 radical (unpaired) electrons. The van der Waals surface area contributed by atoms with Crippen LogP contribution in [0.1, 0.15) is 45.2 Å². The van der Waals surface area contributed by atoms with Crippen molar-refractivity contribution >= 4 is 15.9 Å². The van der Waals surface area contributed by atoms with E-state index in [4.69, 9.17) is 0 Å². The van der Waals surface area contributed by atoms with Crippen molar-refractivity contribution in [1.82, 2.24) is 24.3 Å². The number of aromatic nitrogens is 2. The van der Waals surface area contributed by atoms with E-state index >= 15 is 0 Å². The standard InChI is InChI=1S/C20H35N5O3S/c1-15-7-10-24(11-8-15)13-16(2)22-20(26)18-6-5-9-25(14-18)29(27,28)19-12-21-23(4)17(19)3/h12,15-16,18H,5-11,13-14H2,1-4H3,(H,22,26)/t16-,18-/m1/s1. The molecule has 164 valence electrons. The molecule has 1 aromatic heterocycles. The van der Waals surface area contributed by atoms with Crippen LogP contribution in [-0.4, -0.2) is 72.1 Å². The summed E-state index contributed by atoms with van der Waals surface area (Å²) in [6, 6.07) is 0.0588. The fraction of sp³-hybridized carbons (Fsp3) is 0.800. The van der Waals surface area contributed by atoms with Crippen molar-refractivity contribution in [2.75, 3.05) is 32.7 Å². The van der Waals surface area contributed by atoms with Crippen molar-refractivity contribution in [3.8, 4) is 0 Å². The number of nitrogens with one attached hydrogen (secondary N) is 1. The molecule has 2 fully saturated rings. The molecular formula is C20H35N5O3S. The molecule has 3 heterocycles. The fourth-order valence-corrected chi connectivity index (χ4v) is 5.99. The van der Waals surface area contributed by atoms with Crippen molar-refractivity contribution in [3.63, 3.8) is 0 Å². The highest BCUT2D eigenvalue weighted by molar-refractivity contribution is 7.89. The average Bonchev–Trinajstić information content (AvgIpc) is 3.03. The third-order valence-electron chi connectivity index (χ3n) is 6.36. The number of amides is 1. The SMILES string of the molecule is Cc1c(S(=O)(=O)N2CCC[C@@H](C(=O)N[C@H](C)CN3CCC(C)CC3)C2)cnn1C. The zero-order valence-corrected chi connectivity index (χ0v) is 18.9. The van der Waals surface area contributed by atoms with Crippen LogP contribution in [0.25, 0.3) is 0 Å². The summed E-state index contributed by atoms with van der Waals surface area (Å²) in [6.45, 7) is 9.77. The largest absolute Gasteiger partial charge is 0.352 e. The molecule has 0 aliphatic carbocycles. The molecule has 0 saturated carbocycles. The summed E-state index contributed by atoms with van der Waals surface area (Å²) < 4.78 is 29.1. The van der Waals surface area contributed by atoms with E-state index in [1.165, 1.54) is 23.3 Å². The number of aryl methyl sites for hydroxylation is 1. The van der Waals surface area contributed by atoms with Gasteiger partial charge in [-0.2, -0.15) is 9.40 Å². The Kier molecular flexibility index (Phi) is 7.01. The molecule has 0 unspecified atom stereocenters. The van der Waals surface area contributed by atoms with Crippen molar-refractivity contribution in [2.45, 2.75) is 57.4 Å². The zero-order chi connectivity index (χ0) is 21.2. The Morgan fingerprint density at radius 2 is 1.97 bits per heavy atom. The van der Waals surface area contributed by atoms with Crippen LogP contribution >= 0.6 is 0 Å². The van der Waals surface area contributed by atoms with Crippen LogP contribution in [0.15, 0.2) is 11.1 Å². The van der Waals surface area contributed by atoms with Crippen LogP contribution in [-0.2, 0) is 21.9 Å². The minimum Gasteiger partial charge on any atom is -0.352 e. The molecule has 3 rings (SSSR count). The van der Waals surface area contributed by atoms with Gasteiger partial charge in [-0.1, -0.05) is 6.92 Å². The summed E-state index contributed by atoms with van der Waals surface area (Å²) in [5.41, 5.74) is 0.612. The molecule has 1 aromatic rings. The van der Waals surface area contributed by atoms with Crippen LogP contribution in [0.3, 0.4) is 0 Å². The van der Waals surface area contributed by atoms with Gasteiger partial charge >= 0.3 is 0 Å². The van der Waals surface area contributed by atoms with Crippen molar-refractivity contribution in [3.05, 3.63) is 11.9 Å². The van der Waals surface area contributed by atoms with Gasteiger partial charge in [0.25, 0.3) is 0 Å². The summed E-state index contributed by atoms with van der Waals surface area (Å²) >= 11 is 0. The number of hydrogen-bond acceptors (Lipinski definition) is 5. The van der Waals surface area contributed by atoms with E-state index in [9.17, 15) is 13.2 Å². The van der Waals surface area contributed by atoms with Gasteiger partial charge < -0.3 is 10.2 Å². The van der Waals surface area contributed by atoms with Crippen molar-refractivity contribution in [1.29, 1.82) is 0 Å². The molecule has 2 aliphatic rings. The summed E-state index contributed by atoms with van der Waals surface area (Å²) in [6.07, 6.45) is 5.23. The smallest absolute Gasteiger partial charge is 0.246 e. The van der Waals surface area contributed by atoms with Gasteiger partial charge in [0.15, 0.2) is 0 Å². The number of carbonyl (C=O) groups excluding carboxylic acids is 1. The monoisotopic (exact) mass is 425 g/mol. The minimum absolute atomic E-state index is 0.0364. The fourth-order valence-electron chi connectivity index (χ4n) is 4.28. The lowest BCUT2D eigenvalue weighted by Gasteiger charge is -2.34. The number of rotatable bonds is 6. The lowest BCUT2D eigenvalue weighted by atomic mass is 9.98. The Hall–Kier alpha value is -1.45. The first kappa shape index (κ1) is 22.2. The highest BCUT2D eigenvalue weighted by Crippen LogP contribution is 2.25. The molecule has 2 atom stereocenters. The van der Waals surface area contributed by atoms with E-state index in [2.05, 4.69) is 22.2 Å². The van der Waals surface area contributed by atoms with E-state index in [0.29, 0.717) is 18.7 Å². The van der Waals surface area contributed by atoms with Gasteiger partial charge in [-0.15, -0.1) is 0 Å². The normalized spacial score (nSPS) is 23.8. The highest BCUT2D eigenvalue weighted by Gasteiger charge is 2.35. The van der Waals surface area contributed by atoms with E-state index in [1.54, 1.807) is 18.7 Å². The van der Waals surface area contributed by atoms with Crippen LogP contribution in [0.4, 0.5) is 0 Å². The van der Waals surface area contributed by atoms with Crippen LogP contribution in [0, 0.1) is 18.8 Å². The Labute approximate surface area is 174 Å². The summed E-state index contributed by atoms with van der Waals surface area (Å²) in [5.74, 6) is 0.444. The molecule has 0 bridgehead atoms. The van der Waals surface area contributed by atoms with Crippen LogP contribution < -0.4 is 5.32 Å². The van der Waals surface area contributed by atoms with E-state index in [0.717, 1.165) is 32.0 Å². The number of hydrogen-bond donors (Lipinski definition) is 1. The lowest BCUT2D eigenvalue weighted by molar-refractivity contribution is -0.126. The number of sulfonamides is 1. The van der Waals surface area contributed by atoms with E-state index < -0.39 is 10.0 Å². The third kappa shape index (κ3) is 5.19. The first-order chi connectivity index (χ1) is 13.7. The molecule has 29 heavy (non-hydrogen) atoms. The second kappa shape index (κ2) is 9.14. The minimum atomic E-state index is -3.63. The summed E-state index contributed by atoms with van der Waals surface area (Å²) in [4.78, 5) is 15.5. The molecule has 2 aliphatic heterocycles. The molecular weight excluding hydrogens is 390 g/mol. The quantitative estimate of drug-likeness (QED) is 0.744. The molecule has 0 aromatic carbocycles. The molecule has 1 amide bonds. The van der Waals surface area contributed by atoms with Gasteiger partial charge in [0.1, 0.15) is 4.90 Å². The first-order valence-electron chi connectivity index (χ1n) is 10.7. The van der Waals surface area contributed by atoms with Gasteiger partial charge in [0, 0.05) is 32.7 Å². The Balaban J connectivity index is 1.57. The second-order valence-corrected chi connectivity index (χ2v) is 10.7. The van der Waals surface area contributed by atoms with Gasteiger partial charge in [-0.05, 0) is 58.5 Å².